The van der Waals surface area contributed by atoms with Crippen molar-refractivity contribution in [2.45, 2.75) is 0 Å². The van der Waals surface area contributed by atoms with Crippen LogP contribution in [0.2, 0.25) is 5.02 Å². The van der Waals surface area contributed by atoms with Gasteiger partial charge in [0.2, 0.25) is 0 Å². The molecule has 0 amide bonds. The zero-order valence-electron chi connectivity index (χ0n) is 9.05. The van der Waals surface area contributed by atoms with Crippen molar-refractivity contribution in [3.63, 3.8) is 0 Å². The third-order valence-electron chi connectivity index (χ3n) is 2.30. The highest BCUT2D eigenvalue weighted by Gasteiger charge is 2.06. The first-order valence-electron chi connectivity index (χ1n) is 5.02. The lowest BCUT2D eigenvalue weighted by Gasteiger charge is -2.10. The lowest BCUT2D eigenvalue weighted by Crippen LogP contribution is -1.95. The molecule has 0 aromatic heterocycles. The van der Waals surface area contributed by atoms with Crippen LogP contribution in [0, 0.1) is 17.1 Å². The summed E-state index contributed by atoms with van der Waals surface area (Å²) in [6, 6.07) is 11.3. The highest BCUT2D eigenvalue weighted by Crippen LogP contribution is 2.29. The van der Waals surface area contributed by atoms with E-state index in [9.17, 15) is 4.39 Å². The molecule has 0 heterocycles. The Morgan fingerprint density at radius 1 is 1.17 bits per heavy atom. The van der Waals surface area contributed by atoms with Gasteiger partial charge in [0.15, 0.2) is 0 Å². The van der Waals surface area contributed by atoms with Gasteiger partial charge in [-0.2, -0.15) is 5.26 Å². The molecule has 0 fully saturated rings. The Morgan fingerprint density at radius 3 is 2.67 bits per heavy atom. The van der Waals surface area contributed by atoms with Crippen molar-refractivity contribution >= 4 is 38.9 Å². The Morgan fingerprint density at radius 2 is 1.94 bits per heavy atom. The molecule has 5 heteroatoms. The average molecular weight is 326 g/mol. The van der Waals surface area contributed by atoms with Crippen LogP contribution in [0.15, 0.2) is 40.9 Å². The van der Waals surface area contributed by atoms with E-state index in [4.69, 9.17) is 16.9 Å². The summed E-state index contributed by atoms with van der Waals surface area (Å²) in [7, 11) is 0. The van der Waals surface area contributed by atoms with Gasteiger partial charge >= 0.3 is 0 Å². The van der Waals surface area contributed by atoms with Gasteiger partial charge in [-0.1, -0.05) is 27.5 Å². The number of halogens is 3. The molecule has 0 bridgehead atoms. The van der Waals surface area contributed by atoms with E-state index in [1.54, 1.807) is 18.2 Å². The summed E-state index contributed by atoms with van der Waals surface area (Å²) in [4.78, 5) is 0. The molecular weight excluding hydrogens is 319 g/mol. The second-order valence-corrected chi connectivity index (χ2v) is 4.87. The molecular formula is C13H7BrClFN2. The molecule has 2 nitrogen and oxygen atoms in total. The van der Waals surface area contributed by atoms with Crippen molar-refractivity contribution in [2.75, 3.05) is 5.32 Å². The van der Waals surface area contributed by atoms with E-state index in [0.717, 1.165) is 4.47 Å². The van der Waals surface area contributed by atoms with E-state index < -0.39 is 5.82 Å². The van der Waals surface area contributed by atoms with Crippen LogP contribution in [-0.2, 0) is 0 Å². The predicted molar refractivity (Wildman–Crippen MR) is 73.5 cm³/mol. The van der Waals surface area contributed by atoms with Crippen LogP contribution in [0.1, 0.15) is 5.56 Å². The highest BCUT2D eigenvalue weighted by molar-refractivity contribution is 9.10. The summed E-state index contributed by atoms with van der Waals surface area (Å²) in [6.45, 7) is 0. The molecule has 18 heavy (non-hydrogen) atoms. The van der Waals surface area contributed by atoms with Gasteiger partial charge in [0.05, 0.1) is 22.0 Å². The van der Waals surface area contributed by atoms with E-state index in [0.29, 0.717) is 22.0 Å². The third kappa shape index (κ3) is 2.81. The van der Waals surface area contributed by atoms with Gasteiger partial charge in [0.25, 0.3) is 0 Å². The van der Waals surface area contributed by atoms with Crippen LogP contribution in [0.25, 0.3) is 0 Å². The molecule has 0 aliphatic heterocycles. The van der Waals surface area contributed by atoms with Crippen molar-refractivity contribution in [1.29, 1.82) is 5.26 Å². The molecule has 0 atom stereocenters. The second kappa shape index (κ2) is 5.38. The molecule has 2 aromatic carbocycles. The Balaban J connectivity index is 2.40. The Labute approximate surface area is 117 Å². The SMILES string of the molecule is N#Cc1cc(Br)ccc1Nc1cc(F)ccc1Cl. The molecule has 0 unspecified atom stereocenters. The van der Waals surface area contributed by atoms with Gasteiger partial charge < -0.3 is 5.32 Å². The van der Waals surface area contributed by atoms with E-state index in [2.05, 4.69) is 27.3 Å². The number of hydrogen-bond acceptors (Lipinski definition) is 2. The minimum atomic E-state index is -0.391. The summed E-state index contributed by atoms with van der Waals surface area (Å²) in [5.41, 5.74) is 1.45. The first-order chi connectivity index (χ1) is 8.60. The lowest BCUT2D eigenvalue weighted by molar-refractivity contribution is 0.628. The number of nitrogens with one attached hydrogen (secondary N) is 1. The minimum Gasteiger partial charge on any atom is -0.353 e. The number of nitriles is 1. The molecule has 0 aliphatic carbocycles. The monoisotopic (exact) mass is 324 g/mol. The number of rotatable bonds is 2. The topological polar surface area (TPSA) is 35.8 Å². The van der Waals surface area contributed by atoms with E-state index in [1.807, 2.05) is 0 Å². The van der Waals surface area contributed by atoms with Crippen LogP contribution >= 0.6 is 27.5 Å². The Hall–Kier alpha value is -1.57. The van der Waals surface area contributed by atoms with Gasteiger partial charge in [-0.3, -0.25) is 0 Å². The number of hydrogen-bond donors (Lipinski definition) is 1. The molecule has 0 saturated heterocycles. The van der Waals surface area contributed by atoms with Gasteiger partial charge in [-0.05, 0) is 36.4 Å². The zero-order valence-corrected chi connectivity index (χ0v) is 11.4. The molecule has 2 aromatic rings. The van der Waals surface area contributed by atoms with Crippen molar-refractivity contribution in [2.24, 2.45) is 0 Å². The molecule has 90 valence electrons. The van der Waals surface area contributed by atoms with Crippen LogP contribution in [0.3, 0.4) is 0 Å². The number of anilines is 2. The molecule has 2 rings (SSSR count). The van der Waals surface area contributed by atoms with Crippen molar-refractivity contribution < 1.29 is 4.39 Å². The molecule has 0 spiro atoms. The largest absolute Gasteiger partial charge is 0.353 e. The first kappa shape index (κ1) is 12.9. The Kier molecular flexibility index (Phi) is 3.85. The standard InChI is InChI=1S/C13H7BrClFN2/c14-9-1-4-12(8(5-9)7-17)18-13-6-10(16)2-3-11(13)15/h1-6,18H. The van der Waals surface area contributed by atoms with Crippen LogP contribution < -0.4 is 5.32 Å². The third-order valence-corrected chi connectivity index (χ3v) is 3.12. The Bertz CT molecular complexity index is 637. The summed E-state index contributed by atoms with van der Waals surface area (Å²) in [6.07, 6.45) is 0. The van der Waals surface area contributed by atoms with Crippen LogP contribution in [0.4, 0.5) is 15.8 Å². The van der Waals surface area contributed by atoms with Gasteiger partial charge in [0, 0.05) is 4.47 Å². The van der Waals surface area contributed by atoms with Crippen LogP contribution in [0.5, 0.6) is 0 Å². The summed E-state index contributed by atoms with van der Waals surface area (Å²) in [5.74, 6) is -0.391. The maximum absolute atomic E-state index is 13.1. The summed E-state index contributed by atoms with van der Waals surface area (Å²) in [5, 5.41) is 12.4. The minimum absolute atomic E-state index is 0.391. The molecule has 0 aliphatic rings. The van der Waals surface area contributed by atoms with E-state index in [1.165, 1.54) is 18.2 Å². The maximum atomic E-state index is 13.1. The normalized spacial score (nSPS) is 9.89. The van der Waals surface area contributed by atoms with E-state index in [-0.39, 0.29) is 0 Å². The van der Waals surface area contributed by atoms with E-state index >= 15 is 0 Å². The first-order valence-corrected chi connectivity index (χ1v) is 6.19. The smallest absolute Gasteiger partial charge is 0.125 e. The lowest BCUT2D eigenvalue weighted by atomic mass is 10.2. The maximum Gasteiger partial charge on any atom is 0.125 e. The predicted octanol–water partition coefficient (Wildman–Crippen LogP) is 4.86. The van der Waals surface area contributed by atoms with Gasteiger partial charge in [-0.15, -0.1) is 0 Å². The summed E-state index contributed by atoms with van der Waals surface area (Å²) < 4.78 is 13.9. The van der Waals surface area contributed by atoms with Crippen molar-refractivity contribution in [3.05, 3.63) is 57.3 Å². The zero-order chi connectivity index (χ0) is 13.1. The van der Waals surface area contributed by atoms with Crippen molar-refractivity contribution in [3.8, 4) is 6.07 Å². The average Bonchev–Trinajstić information content (AvgIpc) is 2.36. The van der Waals surface area contributed by atoms with Crippen LogP contribution in [-0.4, -0.2) is 0 Å². The molecule has 1 N–H and O–H groups in total. The molecule has 0 radical (unpaired) electrons. The van der Waals surface area contributed by atoms with Gasteiger partial charge in [0.1, 0.15) is 11.9 Å². The number of benzene rings is 2. The van der Waals surface area contributed by atoms with Gasteiger partial charge in [-0.25, -0.2) is 4.39 Å². The highest BCUT2D eigenvalue weighted by atomic mass is 79.9. The fourth-order valence-corrected chi connectivity index (χ4v) is 1.98. The summed E-state index contributed by atoms with van der Waals surface area (Å²) >= 11 is 9.24. The quantitative estimate of drug-likeness (QED) is 0.856. The second-order valence-electron chi connectivity index (χ2n) is 3.55. The van der Waals surface area contributed by atoms with Crippen molar-refractivity contribution in [1.82, 2.24) is 0 Å². The fraction of sp³-hybridized carbons (Fsp3) is 0. The number of nitrogens with zero attached hydrogens (tertiary/aromatic N) is 1. The molecule has 0 saturated carbocycles. The fourth-order valence-electron chi connectivity index (χ4n) is 1.46.